The van der Waals surface area contributed by atoms with E-state index < -0.39 is 0 Å². The molecule has 0 radical (unpaired) electrons. The maximum atomic E-state index is 4.02. The third-order valence-electron chi connectivity index (χ3n) is 3.09. The third-order valence-corrected chi connectivity index (χ3v) is 3.09. The Balaban J connectivity index is 1.64. The molecular weight excluding hydrogens is 212 g/mol. The molecule has 2 rings (SSSR count). The van der Waals surface area contributed by atoms with Crippen molar-refractivity contribution in [2.75, 3.05) is 6.54 Å². The van der Waals surface area contributed by atoms with Gasteiger partial charge in [-0.1, -0.05) is 0 Å². The molecule has 2 heterocycles. The van der Waals surface area contributed by atoms with Crippen LogP contribution >= 0.6 is 0 Å². The van der Waals surface area contributed by atoms with Crippen LogP contribution in [0.5, 0.6) is 0 Å². The van der Waals surface area contributed by atoms with E-state index in [1.165, 1.54) is 17.0 Å². The van der Waals surface area contributed by atoms with Crippen molar-refractivity contribution < 1.29 is 0 Å². The second kappa shape index (κ2) is 5.68. The van der Waals surface area contributed by atoms with Gasteiger partial charge in [0.05, 0.1) is 6.20 Å². The third kappa shape index (κ3) is 3.20. The van der Waals surface area contributed by atoms with E-state index >= 15 is 0 Å². The Morgan fingerprint density at radius 3 is 3.00 bits per heavy atom. The second-order valence-corrected chi connectivity index (χ2v) is 4.41. The molecule has 17 heavy (non-hydrogen) atoms. The number of nitrogens with zero attached hydrogens (tertiary/aromatic N) is 2. The lowest BCUT2D eigenvalue weighted by Gasteiger charge is -2.05. The Kier molecular flexibility index (Phi) is 3.98. The molecule has 2 aromatic heterocycles. The van der Waals surface area contributed by atoms with Crippen molar-refractivity contribution in [3.63, 3.8) is 0 Å². The molecule has 0 atom stereocenters. The Bertz CT molecular complexity index is 413. The van der Waals surface area contributed by atoms with Gasteiger partial charge in [0.2, 0.25) is 0 Å². The van der Waals surface area contributed by atoms with Crippen LogP contribution in [-0.2, 0) is 20.0 Å². The molecule has 0 unspecified atom stereocenters. The minimum absolute atomic E-state index is 0.938. The summed E-state index contributed by atoms with van der Waals surface area (Å²) >= 11 is 0. The quantitative estimate of drug-likeness (QED) is 0.746. The fourth-order valence-corrected chi connectivity index (χ4v) is 1.93. The standard InChI is InChI=1S/C13H20N4/c1-11-12(9-15-16-11)5-3-7-14-10-13-6-4-8-17(13)2/h4,6,8-9,14H,3,5,7,10H2,1-2H3,(H,15,16). The fourth-order valence-electron chi connectivity index (χ4n) is 1.93. The molecule has 2 N–H and O–H groups in total. The van der Waals surface area contributed by atoms with Crippen LogP contribution in [0.15, 0.2) is 24.5 Å². The van der Waals surface area contributed by atoms with E-state index in [9.17, 15) is 0 Å². The van der Waals surface area contributed by atoms with E-state index in [0.29, 0.717) is 0 Å². The monoisotopic (exact) mass is 232 g/mol. The first-order valence-electron chi connectivity index (χ1n) is 6.07. The van der Waals surface area contributed by atoms with Gasteiger partial charge in [-0.25, -0.2) is 0 Å². The lowest BCUT2D eigenvalue weighted by atomic mass is 10.1. The number of hydrogen-bond donors (Lipinski definition) is 2. The SMILES string of the molecule is Cc1[nH]ncc1CCCNCc1cccn1C. The van der Waals surface area contributed by atoms with Crippen LogP contribution in [-0.4, -0.2) is 21.3 Å². The first-order chi connectivity index (χ1) is 8.27. The van der Waals surface area contributed by atoms with Crippen molar-refractivity contribution in [2.45, 2.75) is 26.3 Å². The summed E-state index contributed by atoms with van der Waals surface area (Å²) in [6.45, 7) is 4.05. The number of hydrogen-bond acceptors (Lipinski definition) is 2. The van der Waals surface area contributed by atoms with Crippen molar-refractivity contribution in [3.05, 3.63) is 41.5 Å². The molecule has 0 saturated carbocycles. The molecule has 0 amide bonds. The van der Waals surface area contributed by atoms with Gasteiger partial charge in [-0.3, -0.25) is 5.10 Å². The topological polar surface area (TPSA) is 45.6 Å². The molecule has 0 aromatic carbocycles. The second-order valence-electron chi connectivity index (χ2n) is 4.41. The van der Waals surface area contributed by atoms with Crippen molar-refractivity contribution in [1.82, 2.24) is 20.1 Å². The molecule has 2 aromatic rings. The molecule has 0 aliphatic rings. The number of aryl methyl sites for hydroxylation is 3. The van der Waals surface area contributed by atoms with Crippen LogP contribution in [0.4, 0.5) is 0 Å². The maximum Gasteiger partial charge on any atom is 0.0522 e. The zero-order valence-electron chi connectivity index (χ0n) is 10.5. The summed E-state index contributed by atoms with van der Waals surface area (Å²) in [6.07, 6.45) is 6.23. The normalized spacial score (nSPS) is 10.9. The summed E-state index contributed by atoms with van der Waals surface area (Å²) in [5, 5.41) is 10.4. The summed E-state index contributed by atoms with van der Waals surface area (Å²) in [6, 6.07) is 4.22. The molecule has 0 aliphatic carbocycles. The van der Waals surface area contributed by atoms with E-state index in [-0.39, 0.29) is 0 Å². The Labute approximate surface area is 102 Å². The molecule has 0 bridgehead atoms. The minimum atomic E-state index is 0.938. The molecule has 0 aliphatic heterocycles. The average molecular weight is 232 g/mol. The average Bonchev–Trinajstić information content (AvgIpc) is 2.89. The van der Waals surface area contributed by atoms with Crippen LogP contribution in [0.2, 0.25) is 0 Å². The zero-order chi connectivity index (χ0) is 12.1. The minimum Gasteiger partial charge on any atom is -0.353 e. The van der Waals surface area contributed by atoms with Crippen molar-refractivity contribution >= 4 is 0 Å². The smallest absolute Gasteiger partial charge is 0.0522 e. The van der Waals surface area contributed by atoms with Gasteiger partial charge in [-0.15, -0.1) is 0 Å². The molecule has 0 spiro atoms. The lowest BCUT2D eigenvalue weighted by Crippen LogP contribution is -2.17. The van der Waals surface area contributed by atoms with Crippen molar-refractivity contribution in [1.29, 1.82) is 0 Å². The van der Waals surface area contributed by atoms with Crippen molar-refractivity contribution in [3.8, 4) is 0 Å². The van der Waals surface area contributed by atoms with Crippen LogP contribution in [0, 0.1) is 6.92 Å². The van der Waals surface area contributed by atoms with Gasteiger partial charge in [0.25, 0.3) is 0 Å². The summed E-state index contributed by atoms with van der Waals surface area (Å²) in [5.74, 6) is 0. The Morgan fingerprint density at radius 1 is 1.47 bits per heavy atom. The van der Waals surface area contributed by atoms with E-state index in [0.717, 1.165) is 25.9 Å². The first-order valence-corrected chi connectivity index (χ1v) is 6.07. The Morgan fingerprint density at radius 2 is 2.35 bits per heavy atom. The highest BCUT2D eigenvalue weighted by Gasteiger charge is 2.00. The van der Waals surface area contributed by atoms with Gasteiger partial charge < -0.3 is 9.88 Å². The summed E-state index contributed by atoms with van der Waals surface area (Å²) in [4.78, 5) is 0. The van der Waals surface area contributed by atoms with Gasteiger partial charge in [0, 0.05) is 31.2 Å². The number of H-pyrrole nitrogens is 1. The van der Waals surface area contributed by atoms with Gasteiger partial charge in [0.15, 0.2) is 0 Å². The summed E-state index contributed by atoms with van der Waals surface area (Å²) in [7, 11) is 2.08. The predicted molar refractivity (Wildman–Crippen MR) is 68.8 cm³/mol. The molecule has 4 heteroatoms. The number of aromatic amines is 1. The van der Waals surface area contributed by atoms with Crippen LogP contribution < -0.4 is 5.32 Å². The molecule has 0 saturated heterocycles. The summed E-state index contributed by atoms with van der Waals surface area (Å²) in [5.41, 5.74) is 3.84. The van der Waals surface area contributed by atoms with Gasteiger partial charge in [0.1, 0.15) is 0 Å². The number of rotatable bonds is 6. The first kappa shape index (κ1) is 11.9. The highest BCUT2D eigenvalue weighted by Crippen LogP contribution is 2.05. The van der Waals surface area contributed by atoms with Gasteiger partial charge in [-0.05, 0) is 44.0 Å². The van der Waals surface area contributed by atoms with E-state index in [2.05, 4.69) is 52.4 Å². The van der Waals surface area contributed by atoms with E-state index in [4.69, 9.17) is 0 Å². The zero-order valence-corrected chi connectivity index (χ0v) is 10.5. The molecule has 0 fully saturated rings. The maximum absolute atomic E-state index is 4.02. The van der Waals surface area contributed by atoms with Crippen LogP contribution in [0.25, 0.3) is 0 Å². The molecule has 4 nitrogen and oxygen atoms in total. The van der Waals surface area contributed by atoms with E-state index in [1.807, 2.05) is 6.20 Å². The largest absolute Gasteiger partial charge is 0.353 e. The summed E-state index contributed by atoms with van der Waals surface area (Å²) < 4.78 is 2.15. The molecular formula is C13H20N4. The van der Waals surface area contributed by atoms with E-state index in [1.54, 1.807) is 0 Å². The van der Waals surface area contributed by atoms with Gasteiger partial charge in [-0.2, -0.15) is 5.10 Å². The highest BCUT2D eigenvalue weighted by molar-refractivity contribution is 5.14. The predicted octanol–water partition coefficient (Wildman–Crippen LogP) is 1.78. The fraction of sp³-hybridized carbons (Fsp3) is 0.462. The number of nitrogens with one attached hydrogen (secondary N) is 2. The van der Waals surface area contributed by atoms with Gasteiger partial charge >= 0.3 is 0 Å². The highest BCUT2D eigenvalue weighted by atomic mass is 15.1. The van der Waals surface area contributed by atoms with Crippen molar-refractivity contribution in [2.24, 2.45) is 7.05 Å². The Hall–Kier alpha value is -1.55. The number of aromatic nitrogens is 3. The van der Waals surface area contributed by atoms with Crippen LogP contribution in [0.1, 0.15) is 23.4 Å². The van der Waals surface area contributed by atoms with Crippen LogP contribution in [0.3, 0.4) is 0 Å². The molecule has 92 valence electrons. The lowest BCUT2D eigenvalue weighted by molar-refractivity contribution is 0.625.